The summed E-state index contributed by atoms with van der Waals surface area (Å²) in [6.45, 7) is 1.56. The average Bonchev–Trinajstić information content (AvgIpc) is 2.44. The molecule has 0 heterocycles. The molecular weight excluding hydrogens is 246 g/mol. The predicted octanol–water partition coefficient (Wildman–Crippen LogP) is 1.39. The maximum absolute atomic E-state index is 11.5. The first-order chi connectivity index (χ1) is 9.06. The van der Waals surface area contributed by atoms with E-state index in [-0.39, 0.29) is 5.91 Å². The van der Waals surface area contributed by atoms with Gasteiger partial charge >= 0.3 is 5.97 Å². The normalized spacial score (nSPS) is 11.9. The lowest BCUT2D eigenvalue weighted by molar-refractivity contribution is -0.144. The second kappa shape index (κ2) is 7.20. The largest absolute Gasteiger partial charge is 0.497 e. The molecule has 0 aliphatic rings. The van der Waals surface area contributed by atoms with Gasteiger partial charge in [-0.25, -0.2) is 4.79 Å². The Morgan fingerprint density at radius 2 is 1.84 bits per heavy atom. The molecule has 1 N–H and O–H groups in total. The highest BCUT2D eigenvalue weighted by Crippen LogP contribution is 2.12. The van der Waals surface area contributed by atoms with E-state index in [9.17, 15) is 9.59 Å². The second-order valence-corrected chi connectivity index (χ2v) is 3.86. The molecule has 1 unspecified atom stereocenters. The third-order valence-corrected chi connectivity index (χ3v) is 2.46. The number of rotatable bonds is 5. The number of benzene rings is 1. The van der Waals surface area contributed by atoms with Crippen LogP contribution >= 0.6 is 0 Å². The minimum atomic E-state index is -0.669. The van der Waals surface area contributed by atoms with Gasteiger partial charge in [0.05, 0.1) is 14.2 Å². The topological polar surface area (TPSA) is 64.6 Å². The van der Waals surface area contributed by atoms with Crippen molar-refractivity contribution in [2.75, 3.05) is 14.2 Å². The van der Waals surface area contributed by atoms with Gasteiger partial charge in [0, 0.05) is 6.08 Å². The lowest BCUT2D eigenvalue weighted by Gasteiger charge is -2.09. The molecule has 5 nitrogen and oxygen atoms in total. The van der Waals surface area contributed by atoms with Crippen molar-refractivity contribution in [3.63, 3.8) is 0 Å². The fourth-order valence-electron chi connectivity index (χ4n) is 1.38. The molecule has 0 saturated heterocycles. The number of amides is 1. The first-order valence-electron chi connectivity index (χ1n) is 5.77. The summed E-state index contributed by atoms with van der Waals surface area (Å²) in [6, 6.07) is 6.58. The van der Waals surface area contributed by atoms with Gasteiger partial charge < -0.3 is 14.8 Å². The lowest BCUT2D eigenvalue weighted by atomic mass is 10.2. The highest BCUT2D eigenvalue weighted by atomic mass is 16.5. The molecule has 0 fully saturated rings. The summed E-state index contributed by atoms with van der Waals surface area (Å²) >= 11 is 0. The summed E-state index contributed by atoms with van der Waals surface area (Å²) in [5.41, 5.74) is 0.863. The highest BCUT2D eigenvalue weighted by Gasteiger charge is 2.13. The zero-order valence-corrected chi connectivity index (χ0v) is 11.2. The number of hydrogen-bond donors (Lipinski definition) is 1. The molecule has 0 spiro atoms. The zero-order chi connectivity index (χ0) is 14.3. The van der Waals surface area contributed by atoms with Crippen molar-refractivity contribution in [2.45, 2.75) is 13.0 Å². The van der Waals surface area contributed by atoms with Crippen molar-refractivity contribution >= 4 is 18.0 Å². The molecule has 19 heavy (non-hydrogen) atoms. The Morgan fingerprint density at radius 3 is 2.37 bits per heavy atom. The summed E-state index contributed by atoms with van der Waals surface area (Å²) in [6.07, 6.45) is 3.01. The van der Waals surface area contributed by atoms with Crippen LogP contribution < -0.4 is 10.1 Å². The Balaban J connectivity index is 2.55. The quantitative estimate of drug-likeness (QED) is 0.644. The fraction of sp³-hybridized carbons (Fsp3) is 0.286. The van der Waals surface area contributed by atoms with Gasteiger partial charge in [0.15, 0.2) is 0 Å². The number of carbonyl (C=O) groups excluding carboxylic acids is 2. The molecule has 1 aromatic carbocycles. The van der Waals surface area contributed by atoms with E-state index in [1.54, 1.807) is 32.2 Å². The Morgan fingerprint density at radius 1 is 1.21 bits per heavy atom. The van der Waals surface area contributed by atoms with Crippen molar-refractivity contribution < 1.29 is 19.1 Å². The van der Waals surface area contributed by atoms with Crippen LogP contribution in [0.3, 0.4) is 0 Å². The Kier molecular flexibility index (Phi) is 5.60. The van der Waals surface area contributed by atoms with Gasteiger partial charge in [-0.3, -0.25) is 4.79 Å². The van der Waals surface area contributed by atoms with Crippen LogP contribution in [0.25, 0.3) is 6.08 Å². The third-order valence-electron chi connectivity index (χ3n) is 2.46. The average molecular weight is 263 g/mol. The van der Waals surface area contributed by atoms with Crippen molar-refractivity contribution in [1.82, 2.24) is 5.32 Å². The van der Waals surface area contributed by atoms with E-state index in [0.717, 1.165) is 11.3 Å². The third kappa shape index (κ3) is 4.83. The van der Waals surface area contributed by atoms with Gasteiger partial charge in [-0.15, -0.1) is 0 Å². The lowest BCUT2D eigenvalue weighted by Crippen LogP contribution is -2.38. The molecule has 0 aromatic heterocycles. The van der Waals surface area contributed by atoms with E-state index in [2.05, 4.69) is 10.1 Å². The summed E-state index contributed by atoms with van der Waals surface area (Å²) in [5, 5.41) is 2.50. The van der Waals surface area contributed by atoms with Crippen molar-refractivity contribution in [3.05, 3.63) is 35.9 Å². The molecule has 0 radical (unpaired) electrons. The van der Waals surface area contributed by atoms with Crippen LogP contribution in [0.5, 0.6) is 5.75 Å². The van der Waals surface area contributed by atoms with Gasteiger partial charge in [-0.05, 0) is 30.7 Å². The van der Waals surface area contributed by atoms with Gasteiger partial charge in [0.2, 0.25) is 5.91 Å². The number of ether oxygens (including phenoxy) is 2. The van der Waals surface area contributed by atoms with Crippen LogP contribution in [0.4, 0.5) is 0 Å². The summed E-state index contributed by atoms with van der Waals surface area (Å²) in [7, 11) is 2.87. The SMILES string of the molecule is COC(=O)C(C)NC(=O)/C=C/c1ccc(OC)cc1. The minimum Gasteiger partial charge on any atom is -0.497 e. The first-order valence-corrected chi connectivity index (χ1v) is 5.77. The van der Waals surface area contributed by atoms with E-state index < -0.39 is 12.0 Å². The minimum absolute atomic E-state index is 0.353. The van der Waals surface area contributed by atoms with Crippen LogP contribution in [0.15, 0.2) is 30.3 Å². The molecule has 1 atom stereocenters. The van der Waals surface area contributed by atoms with E-state index >= 15 is 0 Å². The molecule has 1 amide bonds. The molecule has 1 aromatic rings. The molecule has 0 aliphatic carbocycles. The molecule has 1 rings (SSSR count). The number of hydrogen-bond acceptors (Lipinski definition) is 4. The number of nitrogens with one attached hydrogen (secondary N) is 1. The van der Waals surface area contributed by atoms with Crippen LogP contribution in [-0.2, 0) is 14.3 Å². The van der Waals surface area contributed by atoms with Gasteiger partial charge in [-0.1, -0.05) is 12.1 Å². The van der Waals surface area contributed by atoms with Crippen molar-refractivity contribution in [3.8, 4) is 5.75 Å². The molecule has 0 aliphatic heterocycles. The van der Waals surface area contributed by atoms with Crippen LogP contribution in [0, 0.1) is 0 Å². The molecule has 5 heteroatoms. The summed E-state index contributed by atoms with van der Waals surface area (Å²) in [5.74, 6) is -0.0826. The zero-order valence-electron chi connectivity index (χ0n) is 11.2. The van der Waals surface area contributed by atoms with Crippen LogP contribution in [0.2, 0.25) is 0 Å². The van der Waals surface area contributed by atoms with E-state index in [1.165, 1.54) is 13.2 Å². The maximum Gasteiger partial charge on any atom is 0.328 e. The molecule has 102 valence electrons. The number of methoxy groups -OCH3 is 2. The molecular formula is C14H17NO4. The smallest absolute Gasteiger partial charge is 0.328 e. The van der Waals surface area contributed by atoms with Crippen molar-refractivity contribution in [1.29, 1.82) is 0 Å². The van der Waals surface area contributed by atoms with Gasteiger partial charge in [-0.2, -0.15) is 0 Å². The van der Waals surface area contributed by atoms with Crippen molar-refractivity contribution in [2.24, 2.45) is 0 Å². The number of esters is 1. The van der Waals surface area contributed by atoms with Crippen LogP contribution in [-0.4, -0.2) is 32.1 Å². The molecule has 0 bridgehead atoms. The summed E-state index contributed by atoms with van der Waals surface area (Å²) < 4.78 is 9.54. The summed E-state index contributed by atoms with van der Waals surface area (Å²) in [4.78, 5) is 22.7. The van der Waals surface area contributed by atoms with E-state index in [4.69, 9.17) is 4.74 Å². The number of carbonyl (C=O) groups is 2. The Hall–Kier alpha value is -2.30. The monoisotopic (exact) mass is 263 g/mol. The van der Waals surface area contributed by atoms with Gasteiger partial charge in [0.1, 0.15) is 11.8 Å². The van der Waals surface area contributed by atoms with E-state index in [0.29, 0.717) is 0 Å². The fourth-order valence-corrected chi connectivity index (χ4v) is 1.38. The highest BCUT2D eigenvalue weighted by molar-refractivity contribution is 5.94. The standard InChI is InChI=1S/C14H17NO4/c1-10(14(17)19-3)15-13(16)9-6-11-4-7-12(18-2)8-5-11/h4-10H,1-3H3,(H,15,16)/b9-6+. The van der Waals surface area contributed by atoms with Crippen LogP contribution in [0.1, 0.15) is 12.5 Å². The van der Waals surface area contributed by atoms with Gasteiger partial charge in [0.25, 0.3) is 0 Å². The molecule has 0 saturated carbocycles. The predicted molar refractivity (Wildman–Crippen MR) is 71.6 cm³/mol. The maximum atomic E-state index is 11.5. The first kappa shape index (κ1) is 14.8. The Bertz CT molecular complexity index is 465. The second-order valence-electron chi connectivity index (χ2n) is 3.86. The van der Waals surface area contributed by atoms with E-state index in [1.807, 2.05) is 12.1 Å². The Labute approximate surface area is 112 Å².